The number of hydrogen-bond acceptors (Lipinski definition) is 3. The van der Waals surface area contributed by atoms with Gasteiger partial charge in [-0.15, -0.1) is 0 Å². The van der Waals surface area contributed by atoms with Crippen molar-refractivity contribution in [3.63, 3.8) is 0 Å². The normalized spacial score (nSPS) is 19.0. The number of benzene rings is 1. The Morgan fingerprint density at radius 1 is 1.42 bits per heavy atom. The predicted molar refractivity (Wildman–Crippen MR) is 76.2 cm³/mol. The number of nitrogens with two attached hydrogens (primary N) is 1. The lowest BCUT2D eigenvalue weighted by Gasteiger charge is -2.36. The third-order valence-corrected chi connectivity index (χ3v) is 3.26. The van der Waals surface area contributed by atoms with Gasteiger partial charge in [0.05, 0.1) is 11.9 Å². The van der Waals surface area contributed by atoms with Gasteiger partial charge in [0.15, 0.2) is 0 Å². The van der Waals surface area contributed by atoms with Crippen LogP contribution in [0.15, 0.2) is 18.2 Å². The Morgan fingerprint density at radius 3 is 2.74 bits per heavy atom. The van der Waals surface area contributed by atoms with Gasteiger partial charge in [0.1, 0.15) is 5.60 Å². The fourth-order valence-electron chi connectivity index (χ4n) is 2.38. The van der Waals surface area contributed by atoms with Crippen molar-refractivity contribution in [3.8, 4) is 0 Å². The summed E-state index contributed by atoms with van der Waals surface area (Å²) < 4.78 is 5.45. The maximum absolute atomic E-state index is 12.3. The van der Waals surface area contributed by atoms with Crippen LogP contribution in [-0.2, 0) is 11.2 Å². The van der Waals surface area contributed by atoms with Gasteiger partial charge in [-0.1, -0.05) is 12.1 Å². The van der Waals surface area contributed by atoms with Gasteiger partial charge in [-0.3, -0.25) is 4.90 Å². The molecule has 1 aromatic rings. The first-order valence-corrected chi connectivity index (χ1v) is 6.66. The lowest BCUT2D eigenvalue weighted by Crippen LogP contribution is -2.50. The van der Waals surface area contributed by atoms with E-state index in [0.29, 0.717) is 0 Å². The van der Waals surface area contributed by atoms with Gasteiger partial charge in [0, 0.05) is 0 Å². The Morgan fingerprint density at radius 2 is 2.11 bits per heavy atom. The van der Waals surface area contributed by atoms with Gasteiger partial charge in [0.25, 0.3) is 0 Å². The molecule has 1 amide bonds. The van der Waals surface area contributed by atoms with E-state index < -0.39 is 5.60 Å². The zero-order valence-corrected chi connectivity index (χ0v) is 12.1. The second kappa shape index (κ2) is 4.85. The van der Waals surface area contributed by atoms with Gasteiger partial charge in [-0.25, -0.2) is 4.79 Å². The van der Waals surface area contributed by atoms with Crippen molar-refractivity contribution in [2.75, 3.05) is 4.90 Å². The fraction of sp³-hybridized carbons (Fsp3) is 0.533. The molecule has 1 aliphatic heterocycles. The van der Waals surface area contributed by atoms with Crippen LogP contribution in [0.3, 0.4) is 0 Å². The Kier molecular flexibility index (Phi) is 3.54. The molecule has 0 aliphatic carbocycles. The van der Waals surface area contributed by atoms with Gasteiger partial charge < -0.3 is 10.5 Å². The van der Waals surface area contributed by atoms with Gasteiger partial charge >= 0.3 is 6.09 Å². The van der Waals surface area contributed by atoms with E-state index in [2.05, 4.69) is 13.0 Å². The molecule has 4 heteroatoms. The number of carbonyl (C=O) groups is 1. The molecule has 1 aromatic carbocycles. The molecule has 104 valence electrons. The van der Waals surface area contributed by atoms with E-state index in [-0.39, 0.29) is 12.3 Å². The monoisotopic (exact) mass is 262 g/mol. The molecule has 19 heavy (non-hydrogen) atoms. The maximum atomic E-state index is 12.3. The standard InChI is InChI=1S/C15H22N2O2/c1-10-6-5-7-12-11(10)8-9-13(16)17(12)14(18)19-15(2,3)4/h5-7,13H,8-9,16H2,1-4H3/t13-/m1/s1. The average molecular weight is 262 g/mol. The molecule has 4 nitrogen and oxygen atoms in total. The van der Waals surface area contributed by atoms with Gasteiger partial charge in [0.2, 0.25) is 0 Å². The number of anilines is 1. The third-order valence-electron chi connectivity index (χ3n) is 3.26. The zero-order chi connectivity index (χ0) is 14.2. The highest BCUT2D eigenvalue weighted by Gasteiger charge is 2.32. The molecule has 0 unspecified atom stereocenters. The average Bonchev–Trinajstić information content (AvgIpc) is 2.26. The molecule has 2 N–H and O–H groups in total. The Bertz CT molecular complexity index is 491. The van der Waals surface area contributed by atoms with Crippen molar-refractivity contribution in [3.05, 3.63) is 29.3 Å². The van der Waals surface area contributed by atoms with Crippen LogP contribution in [0.5, 0.6) is 0 Å². The summed E-state index contributed by atoms with van der Waals surface area (Å²) in [7, 11) is 0. The molecule has 0 fully saturated rings. The van der Waals surface area contributed by atoms with Crippen LogP contribution in [0, 0.1) is 6.92 Å². The van der Waals surface area contributed by atoms with Crippen molar-refractivity contribution < 1.29 is 9.53 Å². The van der Waals surface area contributed by atoms with Crippen molar-refractivity contribution in [2.45, 2.75) is 52.3 Å². The maximum Gasteiger partial charge on any atom is 0.416 e. The topological polar surface area (TPSA) is 55.6 Å². The third kappa shape index (κ3) is 2.89. The number of aryl methyl sites for hydroxylation is 1. The number of amides is 1. The number of fused-ring (bicyclic) bond motifs is 1. The number of hydrogen-bond donors (Lipinski definition) is 1. The smallest absolute Gasteiger partial charge is 0.416 e. The van der Waals surface area contributed by atoms with Crippen molar-refractivity contribution in [2.24, 2.45) is 5.73 Å². The number of rotatable bonds is 0. The minimum atomic E-state index is -0.516. The molecule has 1 aliphatic rings. The largest absolute Gasteiger partial charge is 0.443 e. The molecule has 0 radical (unpaired) electrons. The van der Waals surface area contributed by atoms with Crippen LogP contribution in [0.1, 0.15) is 38.3 Å². The minimum absolute atomic E-state index is 0.316. The van der Waals surface area contributed by atoms with E-state index in [1.165, 1.54) is 11.1 Å². The molecule has 1 heterocycles. The molecule has 0 spiro atoms. The quantitative estimate of drug-likeness (QED) is 0.782. The Balaban J connectivity index is 2.36. The van der Waals surface area contributed by atoms with Crippen LogP contribution in [0.2, 0.25) is 0 Å². The lowest BCUT2D eigenvalue weighted by atomic mass is 9.96. The molecule has 1 atom stereocenters. The predicted octanol–water partition coefficient (Wildman–Crippen LogP) is 2.97. The first-order chi connectivity index (χ1) is 8.79. The number of nitrogens with zero attached hydrogens (tertiary/aromatic N) is 1. The molecule has 2 rings (SSSR count). The molecule has 0 saturated carbocycles. The summed E-state index contributed by atoms with van der Waals surface area (Å²) in [5, 5.41) is 0. The van der Waals surface area contributed by atoms with E-state index in [1.54, 1.807) is 4.90 Å². The number of ether oxygens (including phenoxy) is 1. The van der Waals surface area contributed by atoms with Gasteiger partial charge in [-0.2, -0.15) is 0 Å². The highest BCUT2D eigenvalue weighted by atomic mass is 16.6. The fourth-order valence-corrected chi connectivity index (χ4v) is 2.38. The highest BCUT2D eigenvalue weighted by molar-refractivity contribution is 5.90. The zero-order valence-electron chi connectivity index (χ0n) is 12.1. The van der Waals surface area contributed by atoms with Crippen LogP contribution in [-0.4, -0.2) is 17.9 Å². The summed E-state index contributed by atoms with van der Waals surface area (Å²) in [6.45, 7) is 7.63. The van der Waals surface area contributed by atoms with Crippen molar-refractivity contribution in [1.82, 2.24) is 0 Å². The van der Waals surface area contributed by atoms with E-state index in [9.17, 15) is 4.79 Å². The van der Waals surface area contributed by atoms with E-state index in [4.69, 9.17) is 10.5 Å². The highest BCUT2D eigenvalue weighted by Crippen LogP contribution is 2.32. The second-order valence-corrected chi connectivity index (χ2v) is 6.03. The molecule has 0 bridgehead atoms. The second-order valence-electron chi connectivity index (χ2n) is 6.03. The summed E-state index contributed by atoms with van der Waals surface area (Å²) >= 11 is 0. The van der Waals surface area contributed by atoms with Gasteiger partial charge in [-0.05, 0) is 57.7 Å². The van der Waals surface area contributed by atoms with Crippen molar-refractivity contribution in [1.29, 1.82) is 0 Å². The first kappa shape index (κ1) is 13.9. The Labute approximate surface area is 114 Å². The summed E-state index contributed by atoms with van der Waals surface area (Å²) in [5.74, 6) is 0. The summed E-state index contributed by atoms with van der Waals surface area (Å²) in [6, 6.07) is 5.94. The van der Waals surface area contributed by atoms with E-state index in [1.807, 2.05) is 32.9 Å². The van der Waals surface area contributed by atoms with Crippen LogP contribution in [0.4, 0.5) is 10.5 Å². The Hall–Kier alpha value is -1.55. The molecular formula is C15H22N2O2. The molecule has 0 aromatic heterocycles. The van der Waals surface area contributed by atoms with Crippen LogP contribution >= 0.6 is 0 Å². The summed E-state index contributed by atoms with van der Waals surface area (Å²) in [6.07, 6.45) is 0.982. The first-order valence-electron chi connectivity index (χ1n) is 6.66. The SMILES string of the molecule is Cc1cccc2c1CC[C@H](N)N2C(=O)OC(C)(C)C. The summed E-state index contributed by atoms with van der Waals surface area (Å²) in [4.78, 5) is 13.9. The van der Waals surface area contributed by atoms with E-state index in [0.717, 1.165) is 18.5 Å². The van der Waals surface area contributed by atoms with Crippen LogP contribution < -0.4 is 10.6 Å². The van der Waals surface area contributed by atoms with Crippen molar-refractivity contribution >= 4 is 11.8 Å². The molecule has 0 saturated heterocycles. The minimum Gasteiger partial charge on any atom is -0.443 e. The lowest BCUT2D eigenvalue weighted by molar-refractivity contribution is 0.0561. The number of carbonyl (C=O) groups excluding carboxylic acids is 1. The van der Waals surface area contributed by atoms with Crippen LogP contribution in [0.25, 0.3) is 0 Å². The molecular weight excluding hydrogens is 240 g/mol. The summed E-state index contributed by atoms with van der Waals surface area (Å²) in [5.41, 5.74) is 8.84. The van der Waals surface area contributed by atoms with E-state index >= 15 is 0 Å².